The summed E-state index contributed by atoms with van der Waals surface area (Å²) in [7, 11) is 0. The highest BCUT2D eigenvalue weighted by molar-refractivity contribution is 6.33. The molecule has 5 aliphatic heterocycles. The van der Waals surface area contributed by atoms with Crippen molar-refractivity contribution < 1.29 is 22.8 Å². The van der Waals surface area contributed by atoms with Gasteiger partial charge < -0.3 is 20.4 Å². The van der Waals surface area contributed by atoms with Gasteiger partial charge in [-0.25, -0.2) is 9.48 Å². The number of amides is 2. The van der Waals surface area contributed by atoms with Crippen molar-refractivity contribution >= 4 is 29.1 Å². The van der Waals surface area contributed by atoms with Gasteiger partial charge in [0.1, 0.15) is 0 Å². The topological polar surface area (TPSA) is 124 Å². The summed E-state index contributed by atoms with van der Waals surface area (Å²) in [4.78, 5) is 52.0. The normalized spacial score (nSPS) is 23.8. The standard InChI is InChI=1S/C36H44ClF3N8O3/c37-29-20-23(19-28(32(29)41)36(38,39)40)18-26(34(50)47-16-14-45(15-17-47)30-22-44-10-6-24(30)7-11-44)21-31(49)46-12-8-27(9-13-46)48-35(51)42-33(43-48)25-4-2-1-3-5-25/h1-5,19-20,24,26-27,30H,6-18,21-22,41H2,(H,42,43,51)/t26-,30?/m0/s1. The summed E-state index contributed by atoms with van der Waals surface area (Å²) < 4.78 is 43.0. The fourth-order valence-corrected chi connectivity index (χ4v) is 8.69. The largest absolute Gasteiger partial charge is 0.418 e. The van der Waals surface area contributed by atoms with Crippen LogP contribution < -0.4 is 11.4 Å². The minimum absolute atomic E-state index is 0.0884. The quantitative estimate of drug-likeness (QED) is 0.335. The van der Waals surface area contributed by atoms with Gasteiger partial charge in [0, 0.05) is 63.8 Å². The van der Waals surface area contributed by atoms with Gasteiger partial charge in [0.15, 0.2) is 5.82 Å². The first-order valence-electron chi connectivity index (χ1n) is 17.9. The number of likely N-dealkylation sites (tertiary alicyclic amines) is 1. The van der Waals surface area contributed by atoms with Crippen LogP contribution in [0.1, 0.15) is 49.3 Å². The second-order valence-corrected chi connectivity index (χ2v) is 14.8. The Morgan fingerprint density at radius 3 is 2.25 bits per heavy atom. The number of halogens is 4. The molecule has 15 heteroatoms. The highest BCUT2D eigenvalue weighted by Crippen LogP contribution is 2.39. The molecule has 2 amide bonds. The lowest BCUT2D eigenvalue weighted by molar-refractivity contribution is -0.143. The molecule has 0 saturated carbocycles. The van der Waals surface area contributed by atoms with E-state index < -0.39 is 23.3 Å². The molecule has 274 valence electrons. The Labute approximate surface area is 299 Å². The molecule has 5 aliphatic rings. The van der Waals surface area contributed by atoms with Crippen molar-refractivity contribution in [2.75, 3.05) is 64.6 Å². The molecule has 6 heterocycles. The Bertz CT molecular complexity index is 1780. The maximum Gasteiger partial charge on any atom is 0.418 e. The van der Waals surface area contributed by atoms with E-state index in [-0.39, 0.29) is 47.0 Å². The Hall–Kier alpha value is -3.88. The zero-order valence-corrected chi connectivity index (χ0v) is 29.2. The summed E-state index contributed by atoms with van der Waals surface area (Å²) in [6.45, 7) is 6.50. The van der Waals surface area contributed by atoms with Crippen molar-refractivity contribution in [2.45, 2.75) is 56.8 Å². The number of benzene rings is 2. The zero-order chi connectivity index (χ0) is 35.9. The number of fused-ring (bicyclic) bond motifs is 3. The smallest absolute Gasteiger partial charge is 0.397 e. The molecule has 2 bridgehead atoms. The molecule has 3 aromatic rings. The molecular weight excluding hydrogens is 685 g/mol. The second kappa shape index (κ2) is 14.6. The summed E-state index contributed by atoms with van der Waals surface area (Å²) in [6.07, 6.45) is -1.60. The number of nitrogens with two attached hydrogens (primary N) is 1. The van der Waals surface area contributed by atoms with Crippen molar-refractivity contribution in [1.29, 1.82) is 0 Å². The van der Waals surface area contributed by atoms with Crippen LogP contribution in [-0.2, 0) is 22.2 Å². The number of piperazine rings is 1. The molecule has 8 rings (SSSR count). The van der Waals surface area contributed by atoms with Crippen molar-refractivity contribution in [1.82, 2.24) is 34.4 Å². The number of piperidine rings is 4. The van der Waals surface area contributed by atoms with Crippen LogP contribution in [0, 0.1) is 11.8 Å². The van der Waals surface area contributed by atoms with Gasteiger partial charge >= 0.3 is 11.9 Å². The van der Waals surface area contributed by atoms with Crippen molar-refractivity contribution in [3.8, 4) is 11.4 Å². The predicted octanol–water partition coefficient (Wildman–Crippen LogP) is 4.14. The molecule has 0 radical (unpaired) electrons. The number of nitrogens with zero attached hydrogens (tertiary/aromatic N) is 6. The van der Waals surface area contributed by atoms with Gasteiger partial charge in [0.2, 0.25) is 11.8 Å². The third-order valence-electron chi connectivity index (χ3n) is 11.3. The fraction of sp³-hybridized carbons (Fsp3) is 0.556. The monoisotopic (exact) mass is 728 g/mol. The number of hydrogen-bond acceptors (Lipinski definition) is 7. The van der Waals surface area contributed by atoms with Crippen molar-refractivity contribution in [3.05, 3.63) is 69.1 Å². The summed E-state index contributed by atoms with van der Waals surface area (Å²) in [5.74, 6) is -0.245. The number of hydrogen-bond donors (Lipinski definition) is 2. The lowest BCUT2D eigenvalue weighted by atomic mass is 9.83. The molecule has 5 fully saturated rings. The predicted molar refractivity (Wildman–Crippen MR) is 187 cm³/mol. The van der Waals surface area contributed by atoms with Gasteiger partial charge in [-0.05, 0) is 68.8 Å². The van der Waals surface area contributed by atoms with Crippen LogP contribution in [0.2, 0.25) is 5.02 Å². The van der Waals surface area contributed by atoms with Crippen LogP contribution in [0.15, 0.2) is 47.3 Å². The number of carbonyl (C=O) groups is 2. The number of carbonyl (C=O) groups excluding carboxylic acids is 2. The van der Waals surface area contributed by atoms with E-state index in [1.165, 1.54) is 23.6 Å². The second-order valence-electron chi connectivity index (χ2n) is 14.4. The van der Waals surface area contributed by atoms with Crippen LogP contribution >= 0.6 is 11.6 Å². The van der Waals surface area contributed by atoms with Gasteiger partial charge in [0.25, 0.3) is 0 Å². The summed E-state index contributed by atoms with van der Waals surface area (Å²) >= 11 is 6.16. The van der Waals surface area contributed by atoms with Gasteiger partial charge in [-0.2, -0.15) is 13.2 Å². The molecule has 1 unspecified atom stereocenters. The first-order valence-corrected chi connectivity index (χ1v) is 18.2. The highest BCUT2D eigenvalue weighted by atomic mass is 35.5. The lowest BCUT2D eigenvalue weighted by Crippen LogP contribution is -2.61. The number of aromatic nitrogens is 3. The molecule has 11 nitrogen and oxygen atoms in total. The van der Waals surface area contributed by atoms with Gasteiger partial charge in [-0.1, -0.05) is 41.9 Å². The Balaban J connectivity index is 1.04. The van der Waals surface area contributed by atoms with Crippen molar-refractivity contribution in [2.24, 2.45) is 11.8 Å². The first-order chi connectivity index (χ1) is 24.4. The molecular formula is C36H44ClF3N8O3. The van der Waals surface area contributed by atoms with Crippen LogP contribution in [0.5, 0.6) is 0 Å². The molecule has 2 atom stereocenters. The SMILES string of the molecule is Nc1c(Cl)cc(C[C@@H](CC(=O)N2CCC(n3nc(-c4ccccc4)[nH]c3=O)CC2)C(=O)N2CCN(C3CN4CCC3CC4)CC2)cc1C(F)(F)F. The van der Waals surface area contributed by atoms with E-state index in [4.69, 9.17) is 17.3 Å². The molecule has 0 spiro atoms. The zero-order valence-electron chi connectivity index (χ0n) is 28.5. The van der Waals surface area contributed by atoms with Crippen LogP contribution in [-0.4, -0.2) is 111 Å². The molecule has 3 N–H and O–H groups in total. The van der Waals surface area contributed by atoms with E-state index in [9.17, 15) is 27.6 Å². The Morgan fingerprint density at radius 1 is 0.941 bits per heavy atom. The average Bonchev–Trinajstić information content (AvgIpc) is 3.54. The lowest BCUT2D eigenvalue weighted by Gasteiger charge is -2.51. The maximum atomic E-state index is 14.2. The number of anilines is 1. The van der Waals surface area contributed by atoms with Crippen LogP contribution in [0.4, 0.5) is 18.9 Å². The third kappa shape index (κ3) is 7.68. The van der Waals surface area contributed by atoms with E-state index in [1.807, 2.05) is 30.3 Å². The molecule has 51 heavy (non-hydrogen) atoms. The highest BCUT2D eigenvalue weighted by Gasteiger charge is 2.40. The minimum Gasteiger partial charge on any atom is -0.397 e. The van der Waals surface area contributed by atoms with Gasteiger partial charge in [-0.3, -0.25) is 19.5 Å². The van der Waals surface area contributed by atoms with E-state index >= 15 is 0 Å². The van der Waals surface area contributed by atoms with E-state index in [0.717, 1.165) is 44.4 Å². The number of alkyl halides is 3. The summed E-state index contributed by atoms with van der Waals surface area (Å²) in [5, 5.41) is 4.28. The number of nitrogen functional groups attached to an aromatic ring is 1. The number of H-pyrrole nitrogens is 1. The van der Waals surface area contributed by atoms with Gasteiger partial charge in [-0.15, -0.1) is 5.10 Å². The maximum absolute atomic E-state index is 14.2. The van der Waals surface area contributed by atoms with E-state index in [0.29, 0.717) is 56.8 Å². The van der Waals surface area contributed by atoms with E-state index in [1.54, 1.807) is 9.80 Å². The van der Waals surface area contributed by atoms with Crippen molar-refractivity contribution in [3.63, 3.8) is 0 Å². The number of rotatable bonds is 8. The summed E-state index contributed by atoms with van der Waals surface area (Å²) in [5.41, 5.74) is 4.74. The molecule has 1 aromatic heterocycles. The molecule has 5 saturated heterocycles. The van der Waals surface area contributed by atoms with Crippen LogP contribution in [0.25, 0.3) is 11.4 Å². The molecule has 2 aromatic carbocycles. The van der Waals surface area contributed by atoms with E-state index in [2.05, 4.69) is 19.9 Å². The fourth-order valence-electron chi connectivity index (χ4n) is 8.45. The Kier molecular flexibility index (Phi) is 10.2. The molecule has 0 aliphatic carbocycles. The minimum atomic E-state index is -4.73. The third-order valence-corrected chi connectivity index (χ3v) is 11.6. The van der Waals surface area contributed by atoms with Gasteiger partial charge in [0.05, 0.1) is 28.2 Å². The average molecular weight is 729 g/mol. The number of aromatic amines is 1. The first kappa shape index (κ1) is 35.5. The number of nitrogens with one attached hydrogen (secondary N) is 1. The summed E-state index contributed by atoms with van der Waals surface area (Å²) in [6, 6.07) is 11.9. The van der Waals surface area contributed by atoms with Crippen LogP contribution in [0.3, 0.4) is 0 Å². The Morgan fingerprint density at radius 2 is 1.63 bits per heavy atom.